The van der Waals surface area contributed by atoms with Crippen LogP contribution in [0.15, 0.2) is 12.3 Å². The second kappa shape index (κ2) is 2.53. The summed E-state index contributed by atoms with van der Waals surface area (Å²) >= 11 is 0. The van der Waals surface area contributed by atoms with E-state index >= 15 is 0 Å². The van der Waals surface area contributed by atoms with Gasteiger partial charge in [0.1, 0.15) is 0 Å². The summed E-state index contributed by atoms with van der Waals surface area (Å²) in [4.78, 5) is 0. The molecule has 0 aliphatic rings. The van der Waals surface area contributed by atoms with Gasteiger partial charge in [0.05, 0.1) is 6.20 Å². The van der Waals surface area contributed by atoms with Gasteiger partial charge in [-0.25, -0.2) is 0 Å². The molecule has 0 aliphatic heterocycles. The minimum Gasteiger partial charge on any atom is -0.183 e. The first-order chi connectivity index (χ1) is 4.34. The van der Waals surface area contributed by atoms with Gasteiger partial charge in [0.25, 0.3) is 0 Å². The van der Waals surface area contributed by atoms with Gasteiger partial charge in [0, 0.05) is 5.56 Å². The van der Waals surface area contributed by atoms with Gasteiger partial charge in [0.2, 0.25) is 5.95 Å². The quantitative estimate of drug-likeness (QED) is 0.564. The lowest BCUT2D eigenvalue weighted by atomic mass is 10.2. The van der Waals surface area contributed by atoms with Crippen LogP contribution < -0.4 is 0 Å². The Bertz CT molecular complexity index is 200. The summed E-state index contributed by atoms with van der Waals surface area (Å²) in [6.45, 7) is 1.88. The van der Waals surface area contributed by atoms with Crippen LogP contribution in [-0.4, -0.2) is 10.2 Å². The largest absolute Gasteiger partial charge is 0.236 e. The van der Waals surface area contributed by atoms with E-state index in [1.165, 1.54) is 6.20 Å². The Morgan fingerprint density at radius 3 is 2.89 bits per heavy atom. The third-order valence-corrected chi connectivity index (χ3v) is 1.13. The van der Waals surface area contributed by atoms with Crippen molar-refractivity contribution < 1.29 is 4.39 Å². The lowest BCUT2D eigenvalue weighted by Gasteiger charge is -1.92. The van der Waals surface area contributed by atoms with Crippen molar-refractivity contribution in [3.05, 3.63) is 23.8 Å². The standard InChI is InChI=1S/C6H7FN2/c1-2-5-3-4-8-9-6(5)7/h3-4H,2H2,1H3. The summed E-state index contributed by atoms with van der Waals surface area (Å²) in [6.07, 6.45) is 2.16. The molecule has 1 aromatic heterocycles. The SMILES string of the molecule is CCc1ccnnc1F. The van der Waals surface area contributed by atoms with E-state index in [0.29, 0.717) is 12.0 Å². The molecule has 2 nitrogen and oxygen atoms in total. The zero-order chi connectivity index (χ0) is 6.69. The van der Waals surface area contributed by atoms with Crippen molar-refractivity contribution in [1.82, 2.24) is 10.2 Å². The fraction of sp³-hybridized carbons (Fsp3) is 0.333. The number of halogens is 1. The van der Waals surface area contributed by atoms with Gasteiger partial charge in [-0.2, -0.15) is 9.49 Å². The molecule has 0 atom stereocenters. The molecule has 0 spiro atoms. The zero-order valence-corrected chi connectivity index (χ0v) is 5.13. The van der Waals surface area contributed by atoms with E-state index in [1.54, 1.807) is 6.07 Å². The Kier molecular flexibility index (Phi) is 1.72. The Morgan fingerprint density at radius 2 is 2.44 bits per heavy atom. The molecule has 0 aromatic carbocycles. The molecule has 0 N–H and O–H groups in total. The molecule has 0 amide bonds. The minimum absolute atomic E-state index is 0.458. The third-order valence-electron chi connectivity index (χ3n) is 1.13. The molecule has 0 fully saturated rings. The van der Waals surface area contributed by atoms with E-state index in [1.807, 2.05) is 6.92 Å². The van der Waals surface area contributed by atoms with Crippen LogP contribution in [0.5, 0.6) is 0 Å². The van der Waals surface area contributed by atoms with Crippen LogP contribution in [0.4, 0.5) is 4.39 Å². The summed E-state index contributed by atoms with van der Waals surface area (Å²) in [7, 11) is 0. The molecule has 1 rings (SSSR count). The summed E-state index contributed by atoms with van der Waals surface area (Å²) in [5, 5.41) is 6.60. The monoisotopic (exact) mass is 126 g/mol. The topological polar surface area (TPSA) is 25.8 Å². The fourth-order valence-electron chi connectivity index (χ4n) is 0.604. The maximum Gasteiger partial charge on any atom is 0.236 e. The highest BCUT2D eigenvalue weighted by Crippen LogP contribution is 2.00. The van der Waals surface area contributed by atoms with Crippen LogP contribution in [-0.2, 0) is 6.42 Å². The first-order valence-corrected chi connectivity index (χ1v) is 2.80. The average Bonchev–Trinajstić information content (AvgIpc) is 1.89. The molecule has 0 saturated heterocycles. The van der Waals surface area contributed by atoms with Crippen LogP contribution in [0.1, 0.15) is 12.5 Å². The number of hydrogen-bond donors (Lipinski definition) is 0. The van der Waals surface area contributed by atoms with Gasteiger partial charge in [0.15, 0.2) is 0 Å². The lowest BCUT2D eigenvalue weighted by Crippen LogP contribution is -1.92. The predicted molar refractivity (Wildman–Crippen MR) is 31.4 cm³/mol. The predicted octanol–water partition coefficient (Wildman–Crippen LogP) is 1.18. The highest BCUT2D eigenvalue weighted by molar-refractivity contribution is 5.06. The van der Waals surface area contributed by atoms with E-state index in [4.69, 9.17) is 0 Å². The van der Waals surface area contributed by atoms with Crippen LogP contribution in [0, 0.1) is 5.95 Å². The van der Waals surface area contributed by atoms with Crippen molar-refractivity contribution in [2.45, 2.75) is 13.3 Å². The van der Waals surface area contributed by atoms with Gasteiger partial charge in [-0.05, 0) is 12.5 Å². The molecule has 0 unspecified atom stereocenters. The molecule has 0 bridgehead atoms. The normalized spacial score (nSPS) is 9.56. The van der Waals surface area contributed by atoms with Gasteiger partial charge in [-0.15, -0.1) is 5.10 Å². The van der Waals surface area contributed by atoms with Crippen molar-refractivity contribution in [1.29, 1.82) is 0 Å². The van der Waals surface area contributed by atoms with Crippen LogP contribution >= 0.6 is 0 Å². The van der Waals surface area contributed by atoms with Crippen molar-refractivity contribution in [3.8, 4) is 0 Å². The maximum absolute atomic E-state index is 12.4. The fourth-order valence-corrected chi connectivity index (χ4v) is 0.604. The lowest BCUT2D eigenvalue weighted by molar-refractivity contribution is 0.548. The summed E-state index contributed by atoms with van der Waals surface area (Å²) in [5.74, 6) is -0.458. The van der Waals surface area contributed by atoms with Crippen molar-refractivity contribution >= 4 is 0 Å². The number of hydrogen-bond acceptors (Lipinski definition) is 2. The molecule has 3 heteroatoms. The van der Waals surface area contributed by atoms with Crippen LogP contribution in [0.3, 0.4) is 0 Å². The van der Waals surface area contributed by atoms with Gasteiger partial charge >= 0.3 is 0 Å². The van der Waals surface area contributed by atoms with E-state index < -0.39 is 5.95 Å². The molecular formula is C6H7FN2. The molecule has 0 saturated carbocycles. The molecule has 9 heavy (non-hydrogen) atoms. The smallest absolute Gasteiger partial charge is 0.183 e. The number of aromatic nitrogens is 2. The van der Waals surface area contributed by atoms with Gasteiger partial charge < -0.3 is 0 Å². The second-order valence-electron chi connectivity index (χ2n) is 1.70. The van der Waals surface area contributed by atoms with Crippen molar-refractivity contribution in [2.75, 3.05) is 0 Å². The van der Waals surface area contributed by atoms with Crippen molar-refractivity contribution in [3.63, 3.8) is 0 Å². The van der Waals surface area contributed by atoms with Crippen LogP contribution in [0.2, 0.25) is 0 Å². The van der Waals surface area contributed by atoms with E-state index in [9.17, 15) is 4.39 Å². The molecule has 1 aromatic rings. The molecular weight excluding hydrogens is 119 g/mol. The Labute approximate surface area is 52.7 Å². The average molecular weight is 126 g/mol. The Hall–Kier alpha value is -0.990. The first-order valence-electron chi connectivity index (χ1n) is 2.80. The second-order valence-corrected chi connectivity index (χ2v) is 1.70. The highest BCUT2D eigenvalue weighted by Gasteiger charge is 1.96. The summed E-state index contributed by atoms with van der Waals surface area (Å²) < 4.78 is 12.4. The van der Waals surface area contributed by atoms with Gasteiger partial charge in [-0.1, -0.05) is 6.92 Å². The van der Waals surface area contributed by atoms with Gasteiger partial charge in [-0.3, -0.25) is 0 Å². The molecule has 1 heterocycles. The van der Waals surface area contributed by atoms with E-state index in [-0.39, 0.29) is 0 Å². The molecule has 48 valence electrons. The van der Waals surface area contributed by atoms with Crippen LogP contribution in [0.25, 0.3) is 0 Å². The number of aryl methyl sites for hydroxylation is 1. The third kappa shape index (κ3) is 1.22. The summed E-state index contributed by atoms with van der Waals surface area (Å²) in [6, 6.07) is 1.63. The van der Waals surface area contributed by atoms with Crippen molar-refractivity contribution in [2.24, 2.45) is 0 Å². The Balaban J connectivity index is 3.01. The first kappa shape index (κ1) is 6.13. The maximum atomic E-state index is 12.4. The number of rotatable bonds is 1. The molecule has 0 aliphatic carbocycles. The Morgan fingerprint density at radius 1 is 1.67 bits per heavy atom. The molecule has 0 radical (unpaired) electrons. The highest BCUT2D eigenvalue weighted by atomic mass is 19.1. The number of nitrogens with zero attached hydrogens (tertiary/aromatic N) is 2. The zero-order valence-electron chi connectivity index (χ0n) is 5.13. The minimum atomic E-state index is -0.458. The van der Waals surface area contributed by atoms with E-state index in [2.05, 4.69) is 10.2 Å². The van der Waals surface area contributed by atoms with E-state index in [0.717, 1.165) is 0 Å². The summed E-state index contributed by atoms with van der Waals surface area (Å²) in [5.41, 5.74) is 0.616.